The molecule has 4 heteroatoms. The van der Waals surface area contributed by atoms with Crippen molar-refractivity contribution < 1.29 is 4.21 Å². The highest BCUT2D eigenvalue weighted by Gasteiger charge is 2.02. The van der Waals surface area contributed by atoms with Crippen LogP contribution >= 0.6 is 0 Å². The van der Waals surface area contributed by atoms with Crippen LogP contribution in [-0.2, 0) is 10.8 Å². The molecule has 0 aliphatic carbocycles. The summed E-state index contributed by atoms with van der Waals surface area (Å²) in [4.78, 5) is 3.98. The topological polar surface area (TPSA) is 42.0 Å². The molecule has 0 amide bonds. The van der Waals surface area contributed by atoms with Crippen molar-refractivity contribution in [3.63, 3.8) is 0 Å². The maximum Gasteiger partial charge on any atom is 0.0292 e. The zero-order chi connectivity index (χ0) is 11.1. The van der Waals surface area contributed by atoms with Gasteiger partial charge in [-0.2, -0.15) is 0 Å². The van der Waals surface area contributed by atoms with Crippen LogP contribution in [0.4, 0.5) is 0 Å². The highest BCUT2D eigenvalue weighted by atomic mass is 32.2. The average molecular weight is 226 g/mol. The summed E-state index contributed by atoms with van der Waals surface area (Å²) in [5, 5.41) is 3.39. The molecule has 0 saturated carbocycles. The molecule has 0 saturated heterocycles. The molecule has 1 N–H and O–H groups in total. The minimum Gasteiger partial charge on any atom is -0.310 e. The predicted molar refractivity (Wildman–Crippen MR) is 64.2 cm³/mol. The third-order valence-electron chi connectivity index (χ3n) is 2.27. The second kappa shape index (κ2) is 6.69. The van der Waals surface area contributed by atoms with Gasteiger partial charge in [0.15, 0.2) is 0 Å². The van der Waals surface area contributed by atoms with Gasteiger partial charge in [0, 0.05) is 41.2 Å². The number of nitrogens with zero attached hydrogens (tertiary/aromatic N) is 1. The van der Waals surface area contributed by atoms with E-state index in [1.165, 1.54) is 5.56 Å². The first-order valence-electron chi connectivity index (χ1n) is 5.13. The predicted octanol–water partition coefficient (Wildman–Crippen LogP) is 1.50. The van der Waals surface area contributed by atoms with Crippen molar-refractivity contribution in [1.29, 1.82) is 0 Å². The Kier molecular flexibility index (Phi) is 5.50. The van der Waals surface area contributed by atoms with E-state index in [0.29, 0.717) is 6.04 Å². The number of pyridine rings is 1. The molecular weight excluding hydrogens is 208 g/mol. The van der Waals surface area contributed by atoms with Gasteiger partial charge in [-0.25, -0.2) is 0 Å². The molecule has 0 radical (unpaired) electrons. The molecule has 2 unspecified atom stereocenters. The van der Waals surface area contributed by atoms with Crippen molar-refractivity contribution in [3.8, 4) is 0 Å². The second-order valence-electron chi connectivity index (χ2n) is 3.59. The van der Waals surface area contributed by atoms with Gasteiger partial charge in [0.25, 0.3) is 0 Å². The van der Waals surface area contributed by atoms with Crippen LogP contribution < -0.4 is 5.32 Å². The van der Waals surface area contributed by atoms with Gasteiger partial charge >= 0.3 is 0 Å². The van der Waals surface area contributed by atoms with Crippen molar-refractivity contribution in [3.05, 3.63) is 30.1 Å². The van der Waals surface area contributed by atoms with Crippen molar-refractivity contribution in [2.24, 2.45) is 0 Å². The number of rotatable bonds is 6. The quantitative estimate of drug-likeness (QED) is 0.747. The van der Waals surface area contributed by atoms with Crippen LogP contribution in [0.25, 0.3) is 0 Å². The SMILES string of the molecule is CC(NCCCS(C)=O)c1ccncc1. The summed E-state index contributed by atoms with van der Waals surface area (Å²) in [6, 6.07) is 4.35. The largest absolute Gasteiger partial charge is 0.310 e. The second-order valence-corrected chi connectivity index (χ2v) is 5.14. The van der Waals surface area contributed by atoms with Crippen LogP contribution in [0.3, 0.4) is 0 Å². The fourth-order valence-electron chi connectivity index (χ4n) is 1.36. The molecular formula is C11H18N2OS. The minimum absolute atomic E-state index is 0.332. The van der Waals surface area contributed by atoms with Gasteiger partial charge in [-0.1, -0.05) is 0 Å². The average Bonchev–Trinajstić information content (AvgIpc) is 2.25. The third-order valence-corrected chi connectivity index (χ3v) is 3.13. The molecule has 0 aliphatic rings. The zero-order valence-electron chi connectivity index (χ0n) is 9.27. The smallest absolute Gasteiger partial charge is 0.0292 e. The van der Waals surface area contributed by atoms with Crippen LogP contribution in [0.15, 0.2) is 24.5 Å². The molecule has 0 aromatic carbocycles. The van der Waals surface area contributed by atoms with E-state index in [0.717, 1.165) is 18.7 Å². The molecule has 15 heavy (non-hydrogen) atoms. The van der Waals surface area contributed by atoms with E-state index < -0.39 is 10.8 Å². The van der Waals surface area contributed by atoms with Crippen molar-refractivity contribution in [2.45, 2.75) is 19.4 Å². The van der Waals surface area contributed by atoms with E-state index in [-0.39, 0.29) is 0 Å². The molecule has 1 aromatic heterocycles. The summed E-state index contributed by atoms with van der Waals surface area (Å²) in [6.45, 7) is 3.03. The van der Waals surface area contributed by atoms with Gasteiger partial charge in [0.2, 0.25) is 0 Å². The first kappa shape index (κ1) is 12.3. The van der Waals surface area contributed by atoms with Crippen molar-refractivity contribution in [2.75, 3.05) is 18.6 Å². The van der Waals surface area contributed by atoms with Crippen LogP contribution in [0, 0.1) is 0 Å². The van der Waals surface area contributed by atoms with E-state index in [1.807, 2.05) is 12.1 Å². The Morgan fingerprint density at radius 1 is 1.47 bits per heavy atom. The van der Waals surface area contributed by atoms with Gasteiger partial charge in [0.05, 0.1) is 0 Å². The fourth-order valence-corrected chi connectivity index (χ4v) is 1.91. The zero-order valence-corrected chi connectivity index (χ0v) is 10.1. The van der Waals surface area contributed by atoms with Crippen molar-refractivity contribution in [1.82, 2.24) is 10.3 Å². The minimum atomic E-state index is -0.675. The Labute approximate surface area is 93.8 Å². The molecule has 0 bridgehead atoms. The lowest BCUT2D eigenvalue weighted by Gasteiger charge is -2.13. The van der Waals surface area contributed by atoms with Crippen molar-refractivity contribution >= 4 is 10.8 Å². The van der Waals surface area contributed by atoms with E-state index in [9.17, 15) is 4.21 Å². The number of hydrogen-bond acceptors (Lipinski definition) is 3. The summed E-state index contributed by atoms with van der Waals surface area (Å²) in [7, 11) is -0.675. The highest BCUT2D eigenvalue weighted by molar-refractivity contribution is 7.84. The van der Waals surface area contributed by atoms with E-state index >= 15 is 0 Å². The summed E-state index contributed by atoms with van der Waals surface area (Å²) in [5.74, 6) is 0.774. The van der Waals surface area contributed by atoms with Crippen LogP contribution in [-0.4, -0.2) is 27.7 Å². The maximum absolute atomic E-state index is 10.8. The van der Waals surface area contributed by atoms with E-state index in [2.05, 4.69) is 17.2 Å². The van der Waals surface area contributed by atoms with Crippen LogP contribution in [0.2, 0.25) is 0 Å². The lowest BCUT2D eigenvalue weighted by Crippen LogP contribution is -2.21. The molecule has 1 rings (SSSR count). The molecule has 0 fully saturated rings. The summed E-state index contributed by atoms with van der Waals surface area (Å²) >= 11 is 0. The highest BCUT2D eigenvalue weighted by Crippen LogP contribution is 2.09. The fraction of sp³-hybridized carbons (Fsp3) is 0.545. The van der Waals surface area contributed by atoms with Crippen LogP contribution in [0.1, 0.15) is 24.9 Å². The van der Waals surface area contributed by atoms with E-state index in [1.54, 1.807) is 18.6 Å². The monoisotopic (exact) mass is 226 g/mol. The Balaban J connectivity index is 2.25. The number of aromatic nitrogens is 1. The van der Waals surface area contributed by atoms with Gasteiger partial charge in [-0.3, -0.25) is 9.19 Å². The lowest BCUT2D eigenvalue weighted by atomic mass is 10.1. The third kappa shape index (κ3) is 5.04. The van der Waals surface area contributed by atoms with Gasteiger partial charge in [-0.05, 0) is 37.6 Å². The molecule has 0 spiro atoms. The summed E-state index contributed by atoms with van der Waals surface area (Å²) < 4.78 is 10.8. The molecule has 2 atom stereocenters. The Bertz CT molecular complexity index is 303. The maximum atomic E-state index is 10.8. The van der Waals surface area contributed by atoms with E-state index in [4.69, 9.17) is 0 Å². The Morgan fingerprint density at radius 3 is 2.73 bits per heavy atom. The summed E-state index contributed by atoms with van der Waals surface area (Å²) in [5.41, 5.74) is 1.24. The Hall–Kier alpha value is -0.740. The van der Waals surface area contributed by atoms with Gasteiger partial charge in [0.1, 0.15) is 0 Å². The molecule has 3 nitrogen and oxygen atoms in total. The molecule has 1 aromatic rings. The van der Waals surface area contributed by atoms with Gasteiger partial charge < -0.3 is 5.32 Å². The standard InChI is InChI=1S/C11H18N2OS/c1-10(11-4-7-12-8-5-11)13-6-3-9-15(2)14/h4-5,7-8,10,13H,3,6,9H2,1-2H3. The summed E-state index contributed by atoms with van der Waals surface area (Å²) in [6.07, 6.45) is 6.30. The molecule has 1 heterocycles. The first-order valence-corrected chi connectivity index (χ1v) is 6.86. The van der Waals surface area contributed by atoms with Gasteiger partial charge in [-0.15, -0.1) is 0 Å². The number of hydrogen-bond donors (Lipinski definition) is 1. The lowest BCUT2D eigenvalue weighted by molar-refractivity contribution is 0.570. The first-order chi connectivity index (χ1) is 7.20. The molecule has 0 aliphatic heterocycles. The number of nitrogens with one attached hydrogen (secondary N) is 1. The normalized spacial score (nSPS) is 14.8. The Morgan fingerprint density at radius 2 is 2.13 bits per heavy atom. The van der Waals surface area contributed by atoms with Crippen LogP contribution in [0.5, 0.6) is 0 Å². The molecule has 84 valence electrons.